The lowest BCUT2D eigenvalue weighted by atomic mass is 9.69. The predicted octanol–water partition coefficient (Wildman–Crippen LogP) is 14.2. The quantitative estimate of drug-likeness (QED) is 0.235. The fourth-order valence-electron chi connectivity index (χ4n) is 21.9. The Labute approximate surface area is 433 Å². The van der Waals surface area contributed by atoms with Gasteiger partial charge in [0.1, 0.15) is 0 Å². The van der Waals surface area contributed by atoms with Gasteiger partial charge < -0.3 is 0 Å². The summed E-state index contributed by atoms with van der Waals surface area (Å²) in [5.74, 6) is 4.10. The zero-order chi connectivity index (χ0) is 44.5. The summed E-state index contributed by atoms with van der Waals surface area (Å²) in [5, 5.41) is 7.36. The van der Waals surface area contributed by atoms with Crippen molar-refractivity contribution in [3.05, 3.63) is 0 Å². The lowest BCUT2D eigenvalue weighted by Crippen LogP contribution is -2.70. The lowest BCUT2D eigenvalue weighted by Gasteiger charge is -2.63. The Bertz CT molecular complexity index is 1490. The van der Waals surface area contributed by atoms with Gasteiger partial charge >= 0.3 is 0 Å². The summed E-state index contributed by atoms with van der Waals surface area (Å²) in [6, 6.07) is 10.5. The highest BCUT2D eigenvalue weighted by atomic mass is 32.2. The predicted molar refractivity (Wildman–Crippen MR) is 294 cm³/mol. The molecule has 10 saturated carbocycles. The molecule has 0 radical (unpaired) electrons. The molecule has 11 aliphatic heterocycles. The minimum atomic E-state index is 0.859. The first-order valence-electron chi connectivity index (χ1n) is 31.4. The largest absolute Gasteiger partial charge is 0.292 e. The van der Waals surface area contributed by atoms with Crippen LogP contribution in [0.2, 0.25) is 0 Å². The summed E-state index contributed by atoms with van der Waals surface area (Å²) in [6.07, 6.45) is 55.3. The van der Waals surface area contributed by atoms with Gasteiger partial charge in [-0.05, 0) is 203 Å². The van der Waals surface area contributed by atoms with Gasteiger partial charge in [-0.2, -0.15) is 47.0 Å². The van der Waals surface area contributed by atoms with Crippen LogP contribution in [0.4, 0.5) is 0 Å². The zero-order valence-electron chi connectivity index (χ0n) is 42.7. The molecule has 12 bridgehead atoms. The third-order valence-corrected chi connectivity index (χ3v) is 31.8. The number of fused-ring (bicyclic) bond motifs is 4. The van der Waals surface area contributed by atoms with E-state index in [1.54, 1.807) is 116 Å². The maximum atomic E-state index is 3.43. The molecule has 11 heterocycles. The topological polar surface area (TPSA) is 13.0 Å². The molecule has 10 aliphatic carbocycles. The molecule has 0 N–H and O–H groups in total. The SMILES string of the molecule is C1CCC2C(C1)SC1CC3SC4CCCCC4N4C5CCC(CC5)C5CCC(CC5)N5C6CCCCC6SC6CC7SC8CCCCC8N(C8CCC(CC8)C8CCC(CC8)N2C1CC34)C7CC65. The summed E-state index contributed by atoms with van der Waals surface area (Å²) in [5.41, 5.74) is 0. The van der Waals surface area contributed by atoms with Crippen LogP contribution < -0.4 is 0 Å². The molecule has 16 unspecified atom stereocenters. The number of thioether (sulfide) groups is 4. The van der Waals surface area contributed by atoms with Gasteiger partial charge in [-0.25, -0.2) is 0 Å². The zero-order valence-corrected chi connectivity index (χ0v) is 46.0. The smallest absolute Gasteiger partial charge is 0.0236 e. The molecule has 8 heteroatoms. The second-order valence-corrected chi connectivity index (χ2v) is 33.5. The van der Waals surface area contributed by atoms with Gasteiger partial charge in [-0.15, -0.1) is 0 Å². The van der Waals surface area contributed by atoms with Crippen molar-refractivity contribution in [3.8, 4) is 0 Å². The van der Waals surface area contributed by atoms with E-state index in [-0.39, 0.29) is 0 Å². The Morgan fingerprint density at radius 1 is 0.191 bits per heavy atom. The van der Waals surface area contributed by atoms with Gasteiger partial charge in [0.15, 0.2) is 0 Å². The minimum Gasteiger partial charge on any atom is -0.292 e. The van der Waals surface area contributed by atoms with Crippen molar-refractivity contribution < 1.29 is 0 Å². The number of rotatable bonds is 0. The van der Waals surface area contributed by atoms with Crippen molar-refractivity contribution in [2.75, 3.05) is 0 Å². The highest BCUT2D eigenvalue weighted by Crippen LogP contribution is 2.59. The summed E-state index contributed by atoms with van der Waals surface area (Å²) < 4.78 is 0. The first-order chi connectivity index (χ1) is 33.7. The second kappa shape index (κ2) is 19.7. The monoisotopic (exact) mass is 1000 g/mol. The van der Waals surface area contributed by atoms with Gasteiger partial charge in [0.25, 0.3) is 0 Å². The van der Waals surface area contributed by atoms with Crippen LogP contribution in [0.5, 0.6) is 0 Å². The van der Waals surface area contributed by atoms with E-state index < -0.39 is 0 Å². The molecule has 21 fully saturated rings. The van der Waals surface area contributed by atoms with E-state index in [4.69, 9.17) is 0 Å². The van der Waals surface area contributed by atoms with E-state index in [9.17, 15) is 0 Å². The Morgan fingerprint density at radius 3 is 0.647 bits per heavy atom. The van der Waals surface area contributed by atoms with Crippen molar-refractivity contribution in [3.63, 3.8) is 0 Å². The van der Waals surface area contributed by atoms with E-state index in [1.807, 2.05) is 0 Å². The van der Waals surface area contributed by atoms with Crippen molar-refractivity contribution in [2.24, 2.45) is 23.7 Å². The normalized spacial score (nSPS) is 55.4. The first-order valence-corrected chi connectivity index (χ1v) is 35.2. The maximum absolute atomic E-state index is 3.43. The molecule has 4 nitrogen and oxygen atoms in total. The summed E-state index contributed by atoms with van der Waals surface area (Å²) in [6.45, 7) is 0. The highest BCUT2D eigenvalue weighted by Gasteiger charge is 2.59. The molecule has 16 atom stereocenters. The van der Waals surface area contributed by atoms with Crippen LogP contribution in [0, 0.1) is 23.7 Å². The molecule has 21 rings (SSSR count). The van der Waals surface area contributed by atoms with Gasteiger partial charge in [0, 0.05) is 115 Å². The highest BCUT2D eigenvalue weighted by molar-refractivity contribution is 8.02. The Morgan fingerprint density at radius 2 is 0.412 bits per heavy atom. The maximum Gasteiger partial charge on any atom is 0.0236 e. The summed E-state index contributed by atoms with van der Waals surface area (Å²) in [4.78, 5) is 13.7. The third-order valence-electron chi connectivity index (χ3n) is 24.7. The van der Waals surface area contributed by atoms with Crippen LogP contribution in [-0.2, 0) is 0 Å². The van der Waals surface area contributed by atoms with Crippen molar-refractivity contribution in [2.45, 2.75) is 346 Å². The van der Waals surface area contributed by atoms with Gasteiger partial charge in [0.2, 0.25) is 0 Å². The fourth-order valence-corrected chi connectivity index (χ4v) is 30.0. The molecule has 0 aromatic rings. The molecule has 68 heavy (non-hydrogen) atoms. The van der Waals surface area contributed by atoms with Crippen LogP contribution in [-0.4, -0.2) is 134 Å². The number of hydrogen-bond donors (Lipinski definition) is 0. The van der Waals surface area contributed by atoms with E-state index in [0.29, 0.717) is 0 Å². The van der Waals surface area contributed by atoms with E-state index >= 15 is 0 Å². The molecule has 21 aliphatic rings. The standard InChI is InChI=1S/C60H96N4S4/c1-5-13-53-45(9-1)61-41-25-17-37(18-26-41)38-19-29-43(30-20-38)63-47-11-3-7-15-55(47)67-59-36-60-52(34-51(59)63)64(48-12-4-8-16-56(48)68-60)44-31-23-40(24-32-44)39-21-27-42(28-22-39)62-46-10-2-6-14-54(46)66-58-35-57(65-53)49(61)33-50(58)62/h37-60H,1-36H2. The lowest BCUT2D eigenvalue weighted by molar-refractivity contribution is -0.0475. The molecule has 0 spiro atoms. The summed E-state index contributed by atoms with van der Waals surface area (Å²) in [7, 11) is 0. The second-order valence-electron chi connectivity index (χ2n) is 27.5. The number of hydrogen-bond acceptors (Lipinski definition) is 8. The third kappa shape index (κ3) is 8.24. The van der Waals surface area contributed by atoms with Gasteiger partial charge in [0.05, 0.1) is 0 Å². The Kier molecular flexibility index (Phi) is 13.5. The molecule has 380 valence electrons. The average Bonchev–Trinajstić information content (AvgIpc) is 3.39. The molecule has 0 amide bonds. The van der Waals surface area contributed by atoms with Crippen LogP contribution in [0.25, 0.3) is 0 Å². The molecule has 11 saturated heterocycles. The molecular formula is C60H96N4S4. The van der Waals surface area contributed by atoms with Crippen LogP contribution in [0.1, 0.15) is 231 Å². The van der Waals surface area contributed by atoms with E-state index in [0.717, 1.165) is 138 Å². The van der Waals surface area contributed by atoms with Crippen molar-refractivity contribution in [1.29, 1.82) is 0 Å². The Balaban J connectivity index is 0.745. The van der Waals surface area contributed by atoms with Crippen LogP contribution in [0.15, 0.2) is 0 Å². The minimum absolute atomic E-state index is 0.859. The average molecular weight is 1000 g/mol. The van der Waals surface area contributed by atoms with E-state index in [2.05, 4.69) is 66.6 Å². The van der Waals surface area contributed by atoms with Gasteiger partial charge in [-0.1, -0.05) is 51.4 Å². The Hall–Kier alpha value is 1.24. The van der Waals surface area contributed by atoms with Gasteiger partial charge in [-0.3, -0.25) is 19.6 Å². The summed E-state index contributed by atoms with van der Waals surface area (Å²) >= 11 is 10.3. The number of nitrogens with zero attached hydrogens (tertiary/aromatic N) is 4. The first kappa shape index (κ1) is 46.5. The van der Waals surface area contributed by atoms with Crippen molar-refractivity contribution in [1.82, 2.24) is 19.6 Å². The molecular weight excluding hydrogens is 905 g/mol. The van der Waals surface area contributed by atoms with Crippen LogP contribution >= 0.6 is 47.0 Å². The van der Waals surface area contributed by atoms with Crippen molar-refractivity contribution >= 4 is 47.0 Å². The van der Waals surface area contributed by atoms with E-state index in [1.165, 1.54) is 116 Å². The molecule has 0 aromatic heterocycles. The fraction of sp³-hybridized carbons (Fsp3) is 1.00. The molecule has 0 aromatic carbocycles. The van der Waals surface area contributed by atoms with Crippen LogP contribution in [0.3, 0.4) is 0 Å².